The highest BCUT2D eigenvalue weighted by atomic mass is 32.2. The lowest BCUT2D eigenvalue weighted by atomic mass is 10.2. The van der Waals surface area contributed by atoms with Gasteiger partial charge in [-0.2, -0.15) is 0 Å². The molecule has 1 heterocycles. The minimum atomic E-state index is -3.77. The summed E-state index contributed by atoms with van der Waals surface area (Å²) in [4.78, 5) is 16.5. The van der Waals surface area contributed by atoms with Crippen molar-refractivity contribution in [2.45, 2.75) is 24.8 Å². The van der Waals surface area contributed by atoms with Crippen LogP contribution in [0.25, 0.3) is 10.2 Å². The average molecular weight is 390 g/mol. The van der Waals surface area contributed by atoms with Gasteiger partial charge in [0, 0.05) is 6.54 Å². The largest absolute Gasteiger partial charge is 0.334 e. The fourth-order valence-electron chi connectivity index (χ4n) is 2.40. The van der Waals surface area contributed by atoms with Crippen molar-refractivity contribution in [3.8, 4) is 0 Å². The maximum Gasteiger partial charge on any atom is 0.321 e. The number of nitrogens with two attached hydrogens (primary N) is 1. The first-order valence-electron chi connectivity index (χ1n) is 7.91. The Morgan fingerprint density at radius 3 is 2.73 bits per heavy atom. The molecule has 0 aliphatic rings. The molecule has 0 aliphatic carbocycles. The lowest BCUT2D eigenvalue weighted by Crippen LogP contribution is -2.28. The van der Waals surface area contributed by atoms with Crippen LogP contribution in [0.4, 0.5) is 9.93 Å². The van der Waals surface area contributed by atoms with Gasteiger partial charge in [0.05, 0.1) is 15.1 Å². The van der Waals surface area contributed by atoms with Crippen LogP contribution in [0.3, 0.4) is 0 Å². The van der Waals surface area contributed by atoms with Crippen molar-refractivity contribution in [1.29, 1.82) is 0 Å². The predicted molar refractivity (Wildman–Crippen MR) is 103 cm³/mol. The van der Waals surface area contributed by atoms with Gasteiger partial charge in [0.1, 0.15) is 0 Å². The minimum absolute atomic E-state index is 0.00936. The summed E-state index contributed by atoms with van der Waals surface area (Å²) in [6.07, 6.45) is 0.939. The zero-order valence-electron chi connectivity index (χ0n) is 14.0. The third kappa shape index (κ3) is 4.37. The van der Waals surface area contributed by atoms with E-state index in [-0.39, 0.29) is 11.4 Å². The normalized spacial score (nSPS) is 11.5. The summed E-state index contributed by atoms with van der Waals surface area (Å²) in [6, 6.07) is 11.7. The minimum Gasteiger partial charge on any atom is -0.334 e. The summed E-state index contributed by atoms with van der Waals surface area (Å²) >= 11 is 1.40. The van der Waals surface area contributed by atoms with Crippen LogP contribution in [0.15, 0.2) is 47.4 Å². The Hall–Kier alpha value is -2.49. The van der Waals surface area contributed by atoms with Gasteiger partial charge >= 0.3 is 6.03 Å². The molecule has 26 heavy (non-hydrogen) atoms. The van der Waals surface area contributed by atoms with E-state index in [9.17, 15) is 13.2 Å². The second-order valence-corrected chi connectivity index (χ2v) is 8.27. The van der Waals surface area contributed by atoms with Crippen LogP contribution in [0.1, 0.15) is 18.1 Å². The zero-order chi connectivity index (χ0) is 18.7. The van der Waals surface area contributed by atoms with Crippen molar-refractivity contribution in [2.24, 2.45) is 5.14 Å². The predicted octanol–water partition coefficient (Wildman–Crippen LogP) is 2.83. The molecule has 0 aliphatic heterocycles. The van der Waals surface area contributed by atoms with E-state index in [0.717, 1.165) is 16.6 Å². The number of urea groups is 1. The molecule has 2 aromatic carbocycles. The number of fused-ring (bicyclic) bond motifs is 1. The molecule has 0 saturated carbocycles. The van der Waals surface area contributed by atoms with Gasteiger partial charge in [-0.1, -0.05) is 36.5 Å². The fraction of sp³-hybridized carbons (Fsp3) is 0.176. The number of primary sulfonamides is 1. The number of thiazole rings is 1. The average Bonchev–Trinajstić information content (AvgIpc) is 3.00. The molecule has 0 spiro atoms. The van der Waals surface area contributed by atoms with Crippen LogP contribution in [-0.2, 0) is 23.0 Å². The van der Waals surface area contributed by atoms with E-state index < -0.39 is 16.1 Å². The summed E-state index contributed by atoms with van der Waals surface area (Å²) in [5, 5.41) is 11.0. The number of hydrogen-bond acceptors (Lipinski definition) is 5. The number of sulfonamides is 1. The third-order valence-corrected chi connectivity index (χ3v) is 5.61. The Morgan fingerprint density at radius 1 is 1.19 bits per heavy atom. The SMILES string of the molecule is CCc1ccc2nc(NC(=O)NCc3cccc(S(N)(=O)=O)c3)sc2c1. The number of carbonyl (C=O) groups is 1. The molecule has 4 N–H and O–H groups in total. The van der Waals surface area contributed by atoms with Crippen LogP contribution in [0.5, 0.6) is 0 Å². The van der Waals surface area contributed by atoms with Gasteiger partial charge in [0.2, 0.25) is 10.0 Å². The summed E-state index contributed by atoms with van der Waals surface area (Å²) in [6.45, 7) is 2.25. The highest BCUT2D eigenvalue weighted by Gasteiger charge is 2.10. The summed E-state index contributed by atoms with van der Waals surface area (Å²) in [5.74, 6) is 0. The number of nitrogens with one attached hydrogen (secondary N) is 2. The Balaban J connectivity index is 1.64. The zero-order valence-corrected chi connectivity index (χ0v) is 15.7. The maximum atomic E-state index is 12.1. The van der Waals surface area contributed by atoms with E-state index in [1.54, 1.807) is 12.1 Å². The molecule has 0 fully saturated rings. The van der Waals surface area contributed by atoms with Gasteiger partial charge < -0.3 is 5.32 Å². The van der Waals surface area contributed by atoms with Crippen molar-refractivity contribution in [1.82, 2.24) is 10.3 Å². The van der Waals surface area contributed by atoms with E-state index in [4.69, 9.17) is 5.14 Å². The monoisotopic (exact) mass is 390 g/mol. The second-order valence-electron chi connectivity index (χ2n) is 5.67. The van der Waals surface area contributed by atoms with E-state index >= 15 is 0 Å². The highest BCUT2D eigenvalue weighted by molar-refractivity contribution is 7.89. The number of aryl methyl sites for hydroxylation is 1. The molecule has 136 valence electrons. The van der Waals surface area contributed by atoms with Crippen LogP contribution in [0.2, 0.25) is 0 Å². The first-order chi connectivity index (χ1) is 12.3. The van der Waals surface area contributed by atoms with Gasteiger partial charge in [-0.05, 0) is 41.8 Å². The van der Waals surface area contributed by atoms with Crippen LogP contribution in [-0.4, -0.2) is 19.4 Å². The van der Waals surface area contributed by atoms with Crippen LogP contribution < -0.4 is 15.8 Å². The van der Waals surface area contributed by atoms with Crippen LogP contribution in [0, 0.1) is 0 Å². The molecular weight excluding hydrogens is 372 g/mol. The van der Waals surface area contributed by atoms with Crippen molar-refractivity contribution >= 4 is 42.7 Å². The number of benzene rings is 2. The van der Waals surface area contributed by atoms with Gasteiger partial charge in [0.25, 0.3) is 0 Å². The molecule has 7 nitrogen and oxygen atoms in total. The van der Waals surface area contributed by atoms with Gasteiger partial charge in [-0.3, -0.25) is 5.32 Å². The molecule has 3 aromatic rings. The van der Waals surface area contributed by atoms with Gasteiger partial charge in [0.15, 0.2) is 5.13 Å². The molecule has 0 atom stereocenters. The van der Waals surface area contributed by atoms with E-state index in [1.807, 2.05) is 12.1 Å². The van der Waals surface area contributed by atoms with Crippen molar-refractivity contribution < 1.29 is 13.2 Å². The van der Waals surface area contributed by atoms with Gasteiger partial charge in [-0.25, -0.2) is 23.3 Å². The van der Waals surface area contributed by atoms with E-state index in [1.165, 1.54) is 29.0 Å². The Bertz CT molecular complexity index is 1060. The molecular formula is C17H18N4O3S2. The first kappa shape index (κ1) is 18.3. The molecule has 0 radical (unpaired) electrons. The maximum absolute atomic E-state index is 12.1. The summed E-state index contributed by atoms with van der Waals surface area (Å²) in [5.41, 5.74) is 2.68. The standard InChI is InChI=1S/C17H18N4O3S2/c1-2-11-6-7-14-15(9-11)25-17(20-14)21-16(22)19-10-12-4-3-5-13(8-12)26(18,23)24/h3-9H,2,10H2,1H3,(H2,18,23,24)(H2,19,20,21,22). The molecule has 9 heteroatoms. The van der Waals surface area contributed by atoms with E-state index in [2.05, 4.69) is 28.6 Å². The highest BCUT2D eigenvalue weighted by Crippen LogP contribution is 2.26. The number of rotatable bonds is 5. The molecule has 1 aromatic heterocycles. The van der Waals surface area contributed by atoms with Crippen LogP contribution >= 0.6 is 11.3 Å². The lowest BCUT2D eigenvalue weighted by molar-refractivity contribution is 0.251. The molecule has 2 amide bonds. The number of amides is 2. The van der Waals surface area contributed by atoms with E-state index in [0.29, 0.717) is 10.7 Å². The molecule has 0 saturated heterocycles. The first-order valence-corrected chi connectivity index (χ1v) is 10.3. The number of hydrogen-bond donors (Lipinski definition) is 3. The van der Waals surface area contributed by atoms with Crippen molar-refractivity contribution in [3.63, 3.8) is 0 Å². The number of aromatic nitrogens is 1. The van der Waals surface area contributed by atoms with Gasteiger partial charge in [-0.15, -0.1) is 0 Å². The Morgan fingerprint density at radius 2 is 2.00 bits per heavy atom. The third-order valence-electron chi connectivity index (χ3n) is 3.76. The van der Waals surface area contributed by atoms with Crippen molar-refractivity contribution in [3.05, 3.63) is 53.6 Å². The summed E-state index contributed by atoms with van der Waals surface area (Å²) in [7, 11) is -3.77. The smallest absolute Gasteiger partial charge is 0.321 e. The summed E-state index contributed by atoms with van der Waals surface area (Å²) < 4.78 is 23.7. The molecule has 0 bridgehead atoms. The Labute approximate surface area is 155 Å². The topological polar surface area (TPSA) is 114 Å². The lowest BCUT2D eigenvalue weighted by Gasteiger charge is -2.06. The number of carbonyl (C=O) groups excluding carboxylic acids is 1. The second kappa shape index (κ2) is 7.40. The Kier molecular flexibility index (Phi) is 5.21. The van der Waals surface area contributed by atoms with Crippen molar-refractivity contribution in [2.75, 3.05) is 5.32 Å². The number of nitrogens with zero attached hydrogens (tertiary/aromatic N) is 1. The fourth-order valence-corrected chi connectivity index (χ4v) is 3.91. The number of anilines is 1. The quantitative estimate of drug-likeness (QED) is 0.621. The molecule has 3 rings (SSSR count). The molecule has 0 unspecified atom stereocenters.